The first kappa shape index (κ1) is 16.5. The Morgan fingerprint density at radius 2 is 1.52 bits per heavy atom. The molecule has 0 aliphatic rings. The molecule has 0 fully saturated rings. The van der Waals surface area contributed by atoms with Gasteiger partial charge in [-0.3, -0.25) is 0 Å². The molecule has 0 spiro atoms. The number of carbonyl (C=O) groups excluding carboxylic acids is 1. The predicted molar refractivity (Wildman–Crippen MR) is 85.9 cm³/mol. The second-order valence-corrected chi connectivity index (χ2v) is 5.12. The summed E-state index contributed by atoms with van der Waals surface area (Å²) in [4.78, 5) is 23.0. The predicted octanol–water partition coefficient (Wildman–Crippen LogP) is 3.00. The highest BCUT2D eigenvalue weighted by Crippen LogP contribution is 2.06. The number of carbonyl (C=O) groups is 2. The van der Waals surface area contributed by atoms with Crippen LogP contribution in [0.15, 0.2) is 60.7 Å². The van der Waals surface area contributed by atoms with Gasteiger partial charge in [-0.1, -0.05) is 60.7 Å². The summed E-state index contributed by atoms with van der Waals surface area (Å²) >= 11 is 0. The summed E-state index contributed by atoms with van der Waals surface area (Å²) in [7, 11) is 0. The van der Waals surface area contributed by atoms with Crippen molar-refractivity contribution in [3.8, 4) is 0 Å². The maximum atomic E-state index is 11.7. The van der Waals surface area contributed by atoms with Gasteiger partial charge in [0.15, 0.2) is 0 Å². The molecule has 0 radical (unpaired) electrons. The van der Waals surface area contributed by atoms with E-state index in [1.165, 1.54) is 0 Å². The van der Waals surface area contributed by atoms with Crippen LogP contribution in [0.2, 0.25) is 0 Å². The molecule has 1 amide bonds. The molecule has 0 aliphatic heterocycles. The minimum atomic E-state index is -1.07. The molecular weight excluding hydrogens is 294 g/mol. The minimum Gasteiger partial charge on any atom is -0.480 e. The molecule has 0 bridgehead atoms. The third kappa shape index (κ3) is 5.82. The molecule has 2 aromatic carbocycles. The van der Waals surface area contributed by atoms with Gasteiger partial charge in [0.2, 0.25) is 0 Å². The molecule has 2 aromatic rings. The van der Waals surface area contributed by atoms with Crippen molar-refractivity contribution in [3.05, 3.63) is 71.8 Å². The SMILES string of the molecule is O=C(N[C@H](CCc1ccccc1)C(=O)O)OCc1ccccc1. The highest BCUT2D eigenvalue weighted by atomic mass is 16.5. The number of hydrogen-bond donors (Lipinski definition) is 2. The summed E-state index contributed by atoms with van der Waals surface area (Å²) in [6, 6.07) is 17.8. The van der Waals surface area contributed by atoms with E-state index >= 15 is 0 Å². The van der Waals surface area contributed by atoms with Crippen molar-refractivity contribution < 1.29 is 19.4 Å². The second kappa shape index (κ2) is 8.58. The van der Waals surface area contributed by atoms with Crippen molar-refractivity contribution in [2.24, 2.45) is 0 Å². The zero-order valence-corrected chi connectivity index (χ0v) is 12.6. The van der Waals surface area contributed by atoms with Crippen molar-refractivity contribution in [2.45, 2.75) is 25.5 Å². The Labute approximate surface area is 134 Å². The molecule has 2 rings (SSSR count). The van der Waals surface area contributed by atoms with E-state index in [9.17, 15) is 14.7 Å². The topological polar surface area (TPSA) is 75.6 Å². The van der Waals surface area contributed by atoms with Gasteiger partial charge in [-0.05, 0) is 24.0 Å². The van der Waals surface area contributed by atoms with E-state index in [1.54, 1.807) is 0 Å². The Kier molecular flexibility index (Phi) is 6.17. The Morgan fingerprint density at radius 1 is 0.957 bits per heavy atom. The Bertz CT molecular complexity index is 628. The average Bonchev–Trinajstić information content (AvgIpc) is 2.58. The maximum Gasteiger partial charge on any atom is 0.408 e. The van der Waals surface area contributed by atoms with Gasteiger partial charge in [0, 0.05) is 0 Å². The van der Waals surface area contributed by atoms with Crippen LogP contribution < -0.4 is 5.32 Å². The summed E-state index contributed by atoms with van der Waals surface area (Å²) in [5, 5.41) is 11.6. The maximum absolute atomic E-state index is 11.7. The van der Waals surface area contributed by atoms with Gasteiger partial charge in [-0.2, -0.15) is 0 Å². The number of carboxylic acids is 1. The van der Waals surface area contributed by atoms with Gasteiger partial charge in [0.1, 0.15) is 12.6 Å². The van der Waals surface area contributed by atoms with Gasteiger partial charge >= 0.3 is 12.1 Å². The lowest BCUT2D eigenvalue weighted by molar-refractivity contribution is -0.139. The third-order valence-corrected chi connectivity index (χ3v) is 3.37. The highest BCUT2D eigenvalue weighted by molar-refractivity contribution is 5.79. The number of aliphatic carboxylic acids is 1. The molecule has 0 saturated carbocycles. The van der Waals surface area contributed by atoms with Crippen molar-refractivity contribution in [3.63, 3.8) is 0 Å². The third-order valence-electron chi connectivity index (χ3n) is 3.37. The number of rotatable bonds is 7. The van der Waals surface area contributed by atoms with Gasteiger partial charge < -0.3 is 15.2 Å². The monoisotopic (exact) mass is 313 g/mol. The van der Waals surface area contributed by atoms with Gasteiger partial charge in [0.25, 0.3) is 0 Å². The first-order chi connectivity index (χ1) is 11.1. The summed E-state index contributed by atoms with van der Waals surface area (Å²) in [6.07, 6.45) is 0.144. The number of nitrogens with one attached hydrogen (secondary N) is 1. The quantitative estimate of drug-likeness (QED) is 0.824. The largest absolute Gasteiger partial charge is 0.480 e. The van der Waals surface area contributed by atoms with E-state index in [1.807, 2.05) is 60.7 Å². The fraction of sp³-hybridized carbons (Fsp3) is 0.222. The molecule has 0 aromatic heterocycles. The standard InChI is InChI=1S/C18H19NO4/c20-17(21)16(12-11-14-7-3-1-4-8-14)19-18(22)23-13-15-9-5-2-6-10-15/h1-10,16H,11-13H2,(H,19,22)(H,20,21)/t16-/m1/s1. The fourth-order valence-corrected chi connectivity index (χ4v) is 2.12. The summed E-state index contributed by atoms with van der Waals surface area (Å²) in [5.74, 6) is -1.07. The van der Waals surface area contributed by atoms with Crippen LogP contribution in [0.25, 0.3) is 0 Å². The summed E-state index contributed by atoms with van der Waals surface area (Å²) < 4.78 is 5.05. The normalized spacial score (nSPS) is 11.5. The lowest BCUT2D eigenvalue weighted by Gasteiger charge is -2.14. The Balaban J connectivity index is 1.81. The van der Waals surface area contributed by atoms with Crippen molar-refractivity contribution in [1.29, 1.82) is 0 Å². The molecule has 120 valence electrons. The van der Waals surface area contributed by atoms with Crippen LogP contribution >= 0.6 is 0 Å². The van der Waals surface area contributed by atoms with E-state index in [2.05, 4.69) is 5.32 Å². The molecule has 0 aliphatic carbocycles. The van der Waals surface area contributed by atoms with Crippen molar-refractivity contribution in [2.75, 3.05) is 0 Å². The van der Waals surface area contributed by atoms with Crippen LogP contribution in [-0.4, -0.2) is 23.2 Å². The van der Waals surface area contributed by atoms with Gasteiger partial charge in [-0.25, -0.2) is 9.59 Å². The molecular formula is C18H19NO4. The molecule has 5 heteroatoms. The zero-order valence-electron chi connectivity index (χ0n) is 12.6. The number of alkyl carbamates (subject to hydrolysis) is 1. The first-order valence-electron chi connectivity index (χ1n) is 7.39. The summed E-state index contributed by atoms with van der Waals surface area (Å²) in [5.41, 5.74) is 1.87. The van der Waals surface area contributed by atoms with E-state index < -0.39 is 18.1 Å². The van der Waals surface area contributed by atoms with Crippen molar-refractivity contribution in [1.82, 2.24) is 5.32 Å². The number of benzene rings is 2. The van der Waals surface area contributed by atoms with Crippen LogP contribution in [0.4, 0.5) is 4.79 Å². The molecule has 0 unspecified atom stereocenters. The van der Waals surface area contributed by atoms with Crippen LogP contribution in [0, 0.1) is 0 Å². The zero-order chi connectivity index (χ0) is 16.5. The summed E-state index contributed by atoms with van der Waals surface area (Å²) in [6.45, 7) is 0.109. The molecule has 0 saturated heterocycles. The molecule has 5 nitrogen and oxygen atoms in total. The number of hydrogen-bond acceptors (Lipinski definition) is 3. The Hall–Kier alpha value is -2.82. The number of amides is 1. The number of carboxylic acid groups (broad SMARTS) is 1. The molecule has 2 N–H and O–H groups in total. The average molecular weight is 313 g/mol. The lowest BCUT2D eigenvalue weighted by atomic mass is 10.1. The van der Waals surface area contributed by atoms with Crippen LogP contribution in [0.3, 0.4) is 0 Å². The van der Waals surface area contributed by atoms with E-state index in [-0.39, 0.29) is 6.61 Å². The second-order valence-electron chi connectivity index (χ2n) is 5.12. The van der Waals surface area contributed by atoms with E-state index in [0.29, 0.717) is 12.8 Å². The molecule has 0 heterocycles. The lowest BCUT2D eigenvalue weighted by Crippen LogP contribution is -2.41. The fourth-order valence-electron chi connectivity index (χ4n) is 2.12. The van der Waals surface area contributed by atoms with Gasteiger partial charge in [-0.15, -0.1) is 0 Å². The smallest absolute Gasteiger partial charge is 0.408 e. The van der Waals surface area contributed by atoms with Crippen molar-refractivity contribution >= 4 is 12.1 Å². The van der Waals surface area contributed by atoms with Gasteiger partial charge in [0.05, 0.1) is 0 Å². The molecule has 1 atom stereocenters. The first-order valence-corrected chi connectivity index (χ1v) is 7.39. The van der Waals surface area contributed by atoms with E-state index in [4.69, 9.17) is 4.74 Å². The number of aryl methyl sites for hydroxylation is 1. The van der Waals surface area contributed by atoms with Crippen LogP contribution in [0.1, 0.15) is 17.5 Å². The van der Waals surface area contributed by atoms with Crippen LogP contribution in [0.5, 0.6) is 0 Å². The number of ether oxygens (including phenoxy) is 1. The molecule has 23 heavy (non-hydrogen) atoms. The van der Waals surface area contributed by atoms with Crippen LogP contribution in [-0.2, 0) is 22.6 Å². The minimum absolute atomic E-state index is 0.109. The van der Waals surface area contributed by atoms with E-state index in [0.717, 1.165) is 11.1 Å². The highest BCUT2D eigenvalue weighted by Gasteiger charge is 2.20. The Morgan fingerprint density at radius 3 is 2.09 bits per heavy atom.